The van der Waals surface area contributed by atoms with Crippen LogP contribution in [0, 0.1) is 0 Å². The SMILES string of the molecule is NCc1cnc(COc2ccc(Cl)c(Cl)c2)[nH]1. The van der Waals surface area contributed by atoms with Gasteiger partial charge in [0.2, 0.25) is 0 Å². The number of aromatic nitrogens is 2. The molecule has 3 N–H and O–H groups in total. The first kappa shape index (κ1) is 12.2. The summed E-state index contributed by atoms with van der Waals surface area (Å²) in [6, 6.07) is 5.10. The third-order valence-corrected chi connectivity index (χ3v) is 2.91. The van der Waals surface area contributed by atoms with Gasteiger partial charge in [-0.05, 0) is 12.1 Å². The molecule has 0 bridgehead atoms. The lowest BCUT2D eigenvalue weighted by atomic mass is 10.3. The molecular formula is C11H11Cl2N3O. The third kappa shape index (κ3) is 3.12. The zero-order valence-corrected chi connectivity index (χ0v) is 10.4. The van der Waals surface area contributed by atoms with Crippen molar-refractivity contribution in [3.8, 4) is 5.75 Å². The van der Waals surface area contributed by atoms with E-state index in [9.17, 15) is 0 Å². The van der Waals surface area contributed by atoms with Crippen molar-refractivity contribution in [1.29, 1.82) is 0 Å². The van der Waals surface area contributed by atoms with Gasteiger partial charge in [-0.2, -0.15) is 0 Å². The van der Waals surface area contributed by atoms with Crippen molar-refractivity contribution < 1.29 is 4.74 Å². The molecule has 1 heterocycles. The summed E-state index contributed by atoms with van der Waals surface area (Å²) < 4.78 is 5.51. The molecule has 6 heteroatoms. The molecule has 0 amide bonds. The van der Waals surface area contributed by atoms with Crippen molar-refractivity contribution >= 4 is 23.2 Å². The van der Waals surface area contributed by atoms with Crippen molar-refractivity contribution in [1.82, 2.24) is 9.97 Å². The monoisotopic (exact) mass is 271 g/mol. The summed E-state index contributed by atoms with van der Waals surface area (Å²) in [4.78, 5) is 7.16. The molecule has 4 nitrogen and oxygen atoms in total. The van der Waals surface area contributed by atoms with E-state index in [1.807, 2.05) is 0 Å². The predicted octanol–water partition coefficient (Wildman–Crippen LogP) is 2.75. The molecule has 0 fully saturated rings. The lowest BCUT2D eigenvalue weighted by molar-refractivity contribution is 0.297. The highest BCUT2D eigenvalue weighted by molar-refractivity contribution is 6.42. The van der Waals surface area contributed by atoms with Gasteiger partial charge >= 0.3 is 0 Å². The van der Waals surface area contributed by atoms with E-state index in [1.54, 1.807) is 24.4 Å². The van der Waals surface area contributed by atoms with Crippen LogP contribution < -0.4 is 10.5 Å². The minimum Gasteiger partial charge on any atom is -0.486 e. The summed E-state index contributed by atoms with van der Waals surface area (Å²) in [6.07, 6.45) is 1.69. The Morgan fingerprint density at radius 2 is 2.12 bits per heavy atom. The maximum Gasteiger partial charge on any atom is 0.146 e. The molecular weight excluding hydrogens is 261 g/mol. The summed E-state index contributed by atoms with van der Waals surface area (Å²) in [7, 11) is 0. The van der Waals surface area contributed by atoms with Gasteiger partial charge in [-0.15, -0.1) is 0 Å². The molecule has 1 aromatic heterocycles. The van der Waals surface area contributed by atoms with E-state index in [-0.39, 0.29) is 0 Å². The van der Waals surface area contributed by atoms with Crippen LogP contribution in [0.3, 0.4) is 0 Å². The third-order valence-electron chi connectivity index (χ3n) is 2.17. The fraction of sp³-hybridized carbons (Fsp3) is 0.182. The van der Waals surface area contributed by atoms with Gasteiger partial charge in [0.05, 0.1) is 10.0 Å². The van der Waals surface area contributed by atoms with Gasteiger partial charge in [-0.1, -0.05) is 23.2 Å². The maximum atomic E-state index is 5.87. The second-order valence-corrected chi connectivity index (χ2v) is 4.24. The lowest BCUT2D eigenvalue weighted by Gasteiger charge is -2.05. The fourth-order valence-electron chi connectivity index (χ4n) is 1.30. The number of nitrogens with two attached hydrogens (primary N) is 1. The summed E-state index contributed by atoms with van der Waals surface area (Å²) in [6.45, 7) is 0.762. The van der Waals surface area contributed by atoms with Crippen molar-refractivity contribution in [2.24, 2.45) is 5.73 Å². The van der Waals surface area contributed by atoms with Crippen LogP contribution in [0.5, 0.6) is 5.75 Å². The number of ether oxygens (including phenoxy) is 1. The van der Waals surface area contributed by atoms with Crippen LogP contribution in [-0.2, 0) is 13.2 Å². The van der Waals surface area contributed by atoms with Gasteiger partial charge < -0.3 is 15.5 Å². The van der Waals surface area contributed by atoms with Gasteiger partial charge in [0.25, 0.3) is 0 Å². The number of halogens is 2. The van der Waals surface area contributed by atoms with Crippen LogP contribution in [0.4, 0.5) is 0 Å². The first-order valence-electron chi connectivity index (χ1n) is 4.99. The Morgan fingerprint density at radius 1 is 1.29 bits per heavy atom. The van der Waals surface area contributed by atoms with E-state index in [2.05, 4.69) is 9.97 Å². The zero-order valence-electron chi connectivity index (χ0n) is 8.91. The van der Waals surface area contributed by atoms with Crippen molar-refractivity contribution in [2.45, 2.75) is 13.2 Å². The Balaban J connectivity index is 1.99. The molecule has 0 aliphatic rings. The number of H-pyrrole nitrogens is 1. The van der Waals surface area contributed by atoms with Crippen molar-refractivity contribution in [2.75, 3.05) is 0 Å². The van der Waals surface area contributed by atoms with E-state index < -0.39 is 0 Å². The number of rotatable bonds is 4. The second-order valence-electron chi connectivity index (χ2n) is 3.42. The zero-order chi connectivity index (χ0) is 12.3. The van der Waals surface area contributed by atoms with E-state index in [0.717, 1.165) is 11.5 Å². The quantitative estimate of drug-likeness (QED) is 0.899. The van der Waals surface area contributed by atoms with Gasteiger partial charge in [-0.25, -0.2) is 4.98 Å². The van der Waals surface area contributed by atoms with Gasteiger partial charge in [0, 0.05) is 24.5 Å². The average molecular weight is 272 g/mol. The Kier molecular flexibility index (Phi) is 3.89. The van der Waals surface area contributed by atoms with Crippen LogP contribution >= 0.6 is 23.2 Å². The van der Waals surface area contributed by atoms with Gasteiger partial charge in [-0.3, -0.25) is 0 Å². The standard InChI is InChI=1S/C11H11Cl2N3O/c12-9-2-1-8(3-10(9)13)17-6-11-15-5-7(4-14)16-11/h1-3,5H,4,6,14H2,(H,15,16). The van der Waals surface area contributed by atoms with Crippen molar-refractivity contribution in [3.63, 3.8) is 0 Å². The molecule has 0 aliphatic heterocycles. The minimum absolute atomic E-state index is 0.331. The molecule has 0 aliphatic carbocycles. The number of aromatic amines is 1. The van der Waals surface area contributed by atoms with Crippen LogP contribution in [-0.4, -0.2) is 9.97 Å². The molecule has 0 saturated heterocycles. The second kappa shape index (κ2) is 5.40. The van der Waals surface area contributed by atoms with Crippen molar-refractivity contribution in [3.05, 3.63) is 46.0 Å². The number of nitrogens with one attached hydrogen (secondary N) is 1. The Bertz CT molecular complexity index is 513. The molecule has 0 saturated carbocycles. The van der Waals surface area contributed by atoms with Crippen LogP contribution in [0.25, 0.3) is 0 Å². The molecule has 0 spiro atoms. The molecule has 2 aromatic rings. The predicted molar refractivity (Wildman–Crippen MR) is 67.3 cm³/mol. The van der Waals surface area contributed by atoms with E-state index in [4.69, 9.17) is 33.7 Å². The Morgan fingerprint density at radius 3 is 2.76 bits per heavy atom. The highest BCUT2D eigenvalue weighted by Gasteiger charge is 2.03. The smallest absolute Gasteiger partial charge is 0.146 e. The minimum atomic E-state index is 0.331. The summed E-state index contributed by atoms with van der Waals surface area (Å²) in [5.41, 5.74) is 6.34. The number of imidazole rings is 1. The average Bonchev–Trinajstić information content (AvgIpc) is 2.79. The normalized spacial score (nSPS) is 10.5. The van der Waals surface area contributed by atoms with E-state index in [1.165, 1.54) is 0 Å². The van der Waals surface area contributed by atoms with Gasteiger partial charge in [0.1, 0.15) is 18.2 Å². The highest BCUT2D eigenvalue weighted by atomic mass is 35.5. The summed E-state index contributed by atoms with van der Waals surface area (Å²) in [5.74, 6) is 1.36. The van der Waals surface area contributed by atoms with Crippen LogP contribution in [0.2, 0.25) is 10.0 Å². The number of hydrogen-bond acceptors (Lipinski definition) is 3. The molecule has 2 rings (SSSR count). The number of nitrogens with zero attached hydrogens (tertiary/aromatic N) is 1. The largest absolute Gasteiger partial charge is 0.486 e. The van der Waals surface area contributed by atoms with E-state index in [0.29, 0.717) is 28.9 Å². The van der Waals surface area contributed by atoms with Gasteiger partial charge in [0.15, 0.2) is 0 Å². The summed E-state index contributed by atoms with van der Waals surface area (Å²) in [5, 5.41) is 0.966. The lowest BCUT2D eigenvalue weighted by Crippen LogP contribution is -1.99. The Hall–Kier alpha value is -1.23. The first-order valence-corrected chi connectivity index (χ1v) is 5.75. The first-order chi connectivity index (χ1) is 8.19. The fourth-order valence-corrected chi connectivity index (χ4v) is 1.59. The number of hydrogen-bond donors (Lipinski definition) is 2. The molecule has 0 unspecified atom stereocenters. The molecule has 1 aromatic carbocycles. The summed E-state index contributed by atoms with van der Waals surface area (Å²) >= 11 is 11.7. The molecule has 17 heavy (non-hydrogen) atoms. The van der Waals surface area contributed by atoms with Crippen LogP contribution in [0.1, 0.15) is 11.5 Å². The highest BCUT2D eigenvalue weighted by Crippen LogP contribution is 2.26. The number of benzene rings is 1. The Labute approximate surface area is 109 Å². The van der Waals surface area contributed by atoms with Crippen LogP contribution in [0.15, 0.2) is 24.4 Å². The molecule has 0 radical (unpaired) electrons. The van der Waals surface area contributed by atoms with E-state index >= 15 is 0 Å². The topological polar surface area (TPSA) is 63.9 Å². The molecule has 90 valence electrons. The maximum absolute atomic E-state index is 5.87. The molecule has 0 atom stereocenters.